The normalized spacial score (nSPS) is 10.8. The fourth-order valence-corrected chi connectivity index (χ4v) is 1.54. The number of esters is 1. The molecule has 22 heavy (non-hydrogen) atoms. The summed E-state index contributed by atoms with van der Waals surface area (Å²) >= 11 is 0. The fourth-order valence-electron chi connectivity index (χ4n) is 1.54. The Kier molecular flexibility index (Phi) is 6.78. The molecule has 0 aromatic heterocycles. The number of hydrogen-bond donors (Lipinski definition) is 3. The zero-order valence-electron chi connectivity index (χ0n) is 12.4. The van der Waals surface area contributed by atoms with Crippen LogP contribution in [0.2, 0.25) is 0 Å². The number of aliphatic hydroxyl groups excluding tert-OH is 1. The molecule has 0 heterocycles. The number of ketones is 1. The Labute approximate surface area is 128 Å². The van der Waals surface area contributed by atoms with Crippen LogP contribution in [0.25, 0.3) is 0 Å². The van der Waals surface area contributed by atoms with Gasteiger partial charge in [0.1, 0.15) is 5.70 Å². The van der Waals surface area contributed by atoms with E-state index < -0.39 is 11.9 Å². The molecule has 0 spiro atoms. The standard InChI is InChI=1S/C15H18N2O5/c1-10(19)11-3-5-12(6-4-11)17-13(9-14(20)22-2)15(21)16-7-8-18/h3-6,9,17-18H,7-8H2,1-2H3,(H,16,21). The summed E-state index contributed by atoms with van der Waals surface area (Å²) in [4.78, 5) is 34.4. The maximum atomic E-state index is 11.9. The van der Waals surface area contributed by atoms with Crippen LogP contribution in [0.3, 0.4) is 0 Å². The molecule has 0 saturated heterocycles. The van der Waals surface area contributed by atoms with Crippen LogP contribution >= 0.6 is 0 Å². The van der Waals surface area contributed by atoms with Crippen molar-refractivity contribution in [3.05, 3.63) is 41.6 Å². The van der Waals surface area contributed by atoms with Crippen molar-refractivity contribution in [2.24, 2.45) is 0 Å². The molecule has 7 nitrogen and oxygen atoms in total. The van der Waals surface area contributed by atoms with Gasteiger partial charge in [-0.25, -0.2) is 4.79 Å². The van der Waals surface area contributed by atoms with Crippen LogP contribution in [-0.2, 0) is 14.3 Å². The minimum absolute atomic E-state index is 0.0316. The molecule has 3 N–H and O–H groups in total. The Hall–Kier alpha value is -2.67. The molecule has 118 valence electrons. The van der Waals surface area contributed by atoms with Gasteiger partial charge < -0.3 is 20.5 Å². The molecule has 7 heteroatoms. The van der Waals surface area contributed by atoms with Crippen LogP contribution in [0, 0.1) is 0 Å². The highest BCUT2D eigenvalue weighted by molar-refractivity contribution is 6.02. The Balaban J connectivity index is 2.92. The molecule has 1 aromatic rings. The lowest BCUT2D eigenvalue weighted by molar-refractivity contribution is -0.135. The zero-order valence-corrected chi connectivity index (χ0v) is 12.4. The minimum Gasteiger partial charge on any atom is -0.466 e. The maximum Gasteiger partial charge on any atom is 0.332 e. The number of methoxy groups -OCH3 is 1. The van der Waals surface area contributed by atoms with Gasteiger partial charge in [0.15, 0.2) is 5.78 Å². The first-order valence-electron chi connectivity index (χ1n) is 6.54. The SMILES string of the molecule is COC(=O)C=C(Nc1ccc(C(C)=O)cc1)C(=O)NCCO. The molecule has 1 amide bonds. The Morgan fingerprint density at radius 2 is 1.86 bits per heavy atom. The third-order valence-electron chi connectivity index (χ3n) is 2.68. The Bertz CT molecular complexity index is 578. The smallest absolute Gasteiger partial charge is 0.332 e. The van der Waals surface area contributed by atoms with E-state index in [-0.39, 0.29) is 24.6 Å². The van der Waals surface area contributed by atoms with Crippen molar-refractivity contribution in [1.82, 2.24) is 5.32 Å². The van der Waals surface area contributed by atoms with E-state index in [1.54, 1.807) is 24.3 Å². The summed E-state index contributed by atoms with van der Waals surface area (Å²) in [5, 5.41) is 13.9. The lowest BCUT2D eigenvalue weighted by Crippen LogP contribution is -2.31. The highest BCUT2D eigenvalue weighted by Crippen LogP contribution is 2.13. The molecule has 0 atom stereocenters. The van der Waals surface area contributed by atoms with Gasteiger partial charge >= 0.3 is 5.97 Å². The molecule has 0 bridgehead atoms. The number of carbonyl (C=O) groups is 3. The van der Waals surface area contributed by atoms with E-state index in [0.717, 1.165) is 6.08 Å². The van der Waals surface area contributed by atoms with Gasteiger partial charge in [0, 0.05) is 17.8 Å². The van der Waals surface area contributed by atoms with Gasteiger partial charge in [-0.05, 0) is 31.2 Å². The lowest BCUT2D eigenvalue weighted by Gasteiger charge is -2.11. The van der Waals surface area contributed by atoms with E-state index in [0.29, 0.717) is 11.3 Å². The third kappa shape index (κ3) is 5.37. The number of benzene rings is 1. The average Bonchev–Trinajstić information content (AvgIpc) is 2.52. The highest BCUT2D eigenvalue weighted by Gasteiger charge is 2.12. The molecule has 0 saturated carbocycles. The van der Waals surface area contributed by atoms with E-state index in [4.69, 9.17) is 5.11 Å². The molecule has 0 radical (unpaired) electrons. The number of aliphatic hydroxyl groups is 1. The summed E-state index contributed by atoms with van der Waals surface area (Å²) in [5.41, 5.74) is 1.03. The second kappa shape index (κ2) is 8.58. The molecule has 1 rings (SSSR count). The van der Waals surface area contributed by atoms with Crippen molar-refractivity contribution < 1.29 is 24.2 Å². The van der Waals surface area contributed by atoms with Gasteiger partial charge in [0.25, 0.3) is 5.91 Å². The summed E-state index contributed by atoms with van der Waals surface area (Å²) in [6, 6.07) is 6.43. The molecule has 1 aromatic carbocycles. The number of hydrogen-bond acceptors (Lipinski definition) is 6. The predicted molar refractivity (Wildman–Crippen MR) is 80.3 cm³/mol. The lowest BCUT2D eigenvalue weighted by atomic mass is 10.1. The number of rotatable bonds is 7. The van der Waals surface area contributed by atoms with E-state index in [9.17, 15) is 14.4 Å². The van der Waals surface area contributed by atoms with Gasteiger partial charge in [0.05, 0.1) is 19.8 Å². The van der Waals surface area contributed by atoms with Crippen molar-refractivity contribution in [3.63, 3.8) is 0 Å². The van der Waals surface area contributed by atoms with Crippen molar-refractivity contribution in [1.29, 1.82) is 0 Å². The summed E-state index contributed by atoms with van der Waals surface area (Å²) in [7, 11) is 1.20. The second-order valence-corrected chi connectivity index (χ2v) is 4.32. The molecule has 0 fully saturated rings. The molecular weight excluding hydrogens is 288 g/mol. The molecular formula is C15H18N2O5. The van der Waals surface area contributed by atoms with Crippen molar-refractivity contribution in [2.75, 3.05) is 25.6 Å². The highest BCUT2D eigenvalue weighted by atomic mass is 16.5. The summed E-state index contributed by atoms with van der Waals surface area (Å²) in [6.07, 6.45) is 1.01. The number of Topliss-reactive ketones (excluding diaryl/α,β-unsaturated/α-hetero) is 1. The van der Waals surface area contributed by atoms with Gasteiger partial charge in [-0.1, -0.05) is 0 Å². The number of anilines is 1. The Morgan fingerprint density at radius 3 is 2.36 bits per heavy atom. The van der Waals surface area contributed by atoms with Crippen LogP contribution in [-0.4, -0.2) is 43.0 Å². The van der Waals surface area contributed by atoms with E-state index in [1.165, 1.54) is 14.0 Å². The van der Waals surface area contributed by atoms with Crippen LogP contribution in [0.5, 0.6) is 0 Å². The van der Waals surface area contributed by atoms with E-state index >= 15 is 0 Å². The predicted octanol–water partition coefficient (Wildman–Crippen LogP) is 0.466. The van der Waals surface area contributed by atoms with Gasteiger partial charge in [-0.3, -0.25) is 9.59 Å². The van der Waals surface area contributed by atoms with Crippen LogP contribution < -0.4 is 10.6 Å². The maximum absolute atomic E-state index is 11.9. The van der Waals surface area contributed by atoms with E-state index in [2.05, 4.69) is 15.4 Å². The monoisotopic (exact) mass is 306 g/mol. The van der Waals surface area contributed by atoms with Gasteiger partial charge in [0.2, 0.25) is 0 Å². The molecule has 0 unspecified atom stereocenters. The average molecular weight is 306 g/mol. The second-order valence-electron chi connectivity index (χ2n) is 4.32. The third-order valence-corrected chi connectivity index (χ3v) is 2.68. The minimum atomic E-state index is -0.693. The zero-order chi connectivity index (χ0) is 16.5. The van der Waals surface area contributed by atoms with Gasteiger partial charge in [-0.15, -0.1) is 0 Å². The first-order valence-corrected chi connectivity index (χ1v) is 6.54. The largest absolute Gasteiger partial charge is 0.466 e. The fraction of sp³-hybridized carbons (Fsp3) is 0.267. The van der Waals surface area contributed by atoms with Crippen LogP contribution in [0.4, 0.5) is 5.69 Å². The molecule has 0 aliphatic rings. The topological polar surface area (TPSA) is 105 Å². The van der Waals surface area contributed by atoms with Gasteiger partial charge in [-0.2, -0.15) is 0 Å². The van der Waals surface area contributed by atoms with Crippen molar-refractivity contribution in [3.8, 4) is 0 Å². The molecule has 0 aliphatic heterocycles. The van der Waals surface area contributed by atoms with Crippen molar-refractivity contribution >= 4 is 23.3 Å². The first kappa shape index (κ1) is 17.4. The van der Waals surface area contributed by atoms with E-state index in [1.807, 2.05) is 0 Å². The quantitative estimate of drug-likeness (QED) is 0.384. The summed E-state index contributed by atoms with van der Waals surface area (Å²) in [5.74, 6) is -1.32. The summed E-state index contributed by atoms with van der Waals surface area (Å²) in [6.45, 7) is 1.29. The number of nitrogens with one attached hydrogen (secondary N) is 2. The number of ether oxygens (including phenoxy) is 1. The van der Waals surface area contributed by atoms with Crippen molar-refractivity contribution in [2.45, 2.75) is 6.92 Å². The number of carbonyl (C=O) groups excluding carboxylic acids is 3. The Morgan fingerprint density at radius 1 is 1.23 bits per heavy atom. The number of amides is 1. The van der Waals surface area contributed by atoms with Crippen LogP contribution in [0.1, 0.15) is 17.3 Å². The van der Waals surface area contributed by atoms with Crippen LogP contribution in [0.15, 0.2) is 36.0 Å². The first-order chi connectivity index (χ1) is 10.5. The summed E-state index contributed by atoms with van der Waals surface area (Å²) < 4.78 is 4.49. The molecule has 0 aliphatic carbocycles.